The lowest BCUT2D eigenvalue weighted by molar-refractivity contribution is -0.143. The van der Waals surface area contributed by atoms with Crippen molar-refractivity contribution >= 4 is 28.6 Å². The number of pyridine rings is 2. The largest absolute Gasteiger partial charge is 0.497 e. The number of aryl methyl sites for hydroxylation is 1. The highest BCUT2D eigenvalue weighted by Gasteiger charge is 2.40. The van der Waals surface area contributed by atoms with Crippen LogP contribution in [0.4, 0.5) is 4.39 Å². The molecule has 0 radical (unpaired) electrons. The number of piperidine rings is 1. The Balaban J connectivity index is 1.38. The second-order valence-electron chi connectivity index (χ2n) is 9.21. The van der Waals surface area contributed by atoms with Crippen LogP contribution in [-0.2, 0) is 17.9 Å². The van der Waals surface area contributed by atoms with Crippen molar-refractivity contribution in [3.05, 3.63) is 59.9 Å². The van der Waals surface area contributed by atoms with Crippen LogP contribution in [0.5, 0.6) is 5.75 Å². The molecule has 0 atom stereocenters. The number of nitrogens with zero attached hydrogens (tertiary/aromatic N) is 3. The number of thioether (sulfide) groups is 1. The van der Waals surface area contributed by atoms with Crippen molar-refractivity contribution in [2.75, 3.05) is 32.5 Å². The van der Waals surface area contributed by atoms with Gasteiger partial charge in [0.15, 0.2) is 0 Å². The fourth-order valence-electron chi connectivity index (χ4n) is 5.03. The van der Waals surface area contributed by atoms with Gasteiger partial charge in [0, 0.05) is 35.6 Å². The molecule has 0 aliphatic carbocycles. The molecule has 1 amide bonds. The first-order valence-electron chi connectivity index (χ1n) is 12.3. The number of rotatable bonds is 11. The minimum atomic E-state index is -0.629. The van der Waals surface area contributed by atoms with E-state index in [-0.39, 0.29) is 5.91 Å². The zero-order valence-corrected chi connectivity index (χ0v) is 21.4. The Hall–Kier alpha value is -2.75. The van der Waals surface area contributed by atoms with Crippen LogP contribution in [0.1, 0.15) is 36.8 Å². The van der Waals surface area contributed by atoms with Gasteiger partial charge in [0.05, 0.1) is 23.1 Å². The maximum absolute atomic E-state index is 13.8. The number of carbonyl (C=O) groups excluding carboxylic acids is 1. The summed E-state index contributed by atoms with van der Waals surface area (Å²) in [6.45, 7) is 1.91. The summed E-state index contributed by atoms with van der Waals surface area (Å²) in [5, 5.41) is 11.4. The Morgan fingerprint density at radius 2 is 2.08 bits per heavy atom. The molecule has 36 heavy (non-hydrogen) atoms. The van der Waals surface area contributed by atoms with Crippen LogP contribution in [0.15, 0.2) is 53.8 Å². The Morgan fingerprint density at radius 3 is 2.78 bits per heavy atom. The van der Waals surface area contributed by atoms with E-state index < -0.39 is 12.1 Å². The molecule has 1 aliphatic heterocycles. The van der Waals surface area contributed by atoms with Gasteiger partial charge in [-0.05, 0) is 81.1 Å². The normalized spacial score (nSPS) is 15.6. The second kappa shape index (κ2) is 12.5. The topological polar surface area (TPSA) is 87.6 Å². The first-order valence-corrected chi connectivity index (χ1v) is 13.3. The van der Waals surface area contributed by atoms with Gasteiger partial charge in [-0.1, -0.05) is 6.07 Å². The molecule has 192 valence electrons. The number of halogens is 1. The van der Waals surface area contributed by atoms with Crippen molar-refractivity contribution < 1.29 is 19.1 Å². The number of ether oxygens (including phenoxy) is 1. The molecule has 3 aromatic rings. The predicted octanol–water partition coefficient (Wildman–Crippen LogP) is 4.81. The number of alkyl halides is 1. The van der Waals surface area contributed by atoms with Gasteiger partial charge in [0.1, 0.15) is 12.4 Å². The van der Waals surface area contributed by atoms with Crippen molar-refractivity contribution in [2.45, 2.75) is 43.8 Å². The number of hydroxylamine groups is 1. The zero-order valence-electron chi connectivity index (χ0n) is 20.6. The number of hydrogen-bond acceptors (Lipinski definition) is 7. The molecule has 0 saturated carbocycles. The molecule has 1 fully saturated rings. The number of methoxy groups -OCH3 is 1. The molecule has 2 N–H and O–H groups in total. The third-order valence-electron chi connectivity index (χ3n) is 7.19. The summed E-state index contributed by atoms with van der Waals surface area (Å²) in [5.74, 6) is 1.31. The van der Waals surface area contributed by atoms with Crippen molar-refractivity contribution in [3.63, 3.8) is 0 Å². The lowest BCUT2D eigenvalue weighted by Gasteiger charge is -2.40. The minimum absolute atomic E-state index is 0.322. The molecule has 1 saturated heterocycles. The number of aromatic nitrogens is 2. The summed E-state index contributed by atoms with van der Waals surface area (Å²) in [4.78, 5) is 23.9. The first kappa shape index (κ1) is 26.3. The second-order valence-corrected chi connectivity index (χ2v) is 10.3. The van der Waals surface area contributed by atoms with Crippen LogP contribution in [0, 0.1) is 5.41 Å². The highest BCUT2D eigenvalue weighted by atomic mass is 32.2. The molecule has 0 bridgehead atoms. The van der Waals surface area contributed by atoms with E-state index in [1.165, 1.54) is 0 Å². The van der Waals surface area contributed by atoms with E-state index in [4.69, 9.17) is 4.74 Å². The smallest absolute Gasteiger partial charge is 0.249 e. The fourth-order valence-corrected chi connectivity index (χ4v) is 5.90. The molecule has 4 rings (SSSR count). The van der Waals surface area contributed by atoms with Crippen molar-refractivity contribution in [3.8, 4) is 5.75 Å². The van der Waals surface area contributed by atoms with Gasteiger partial charge in [0.25, 0.3) is 0 Å². The number of amides is 1. The van der Waals surface area contributed by atoms with Crippen LogP contribution in [0.25, 0.3) is 10.9 Å². The van der Waals surface area contributed by atoms with Crippen molar-refractivity contribution in [1.29, 1.82) is 0 Å². The third-order valence-corrected chi connectivity index (χ3v) is 8.12. The van der Waals surface area contributed by atoms with Gasteiger partial charge in [-0.2, -0.15) is 0 Å². The first-order chi connectivity index (χ1) is 17.6. The number of likely N-dealkylation sites (tertiary alicyclic amines) is 1. The maximum atomic E-state index is 13.8. The molecule has 0 spiro atoms. The van der Waals surface area contributed by atoms with E-state index in [0.717, 1.165) is 46.9 Å². The van der Waals surface area contributed by atoms with Crippen LogP contribution in [0.3, 0.4) is 0 Å². The van der Waals surface area contributed by atoms with Gasteiger partial charge in [-0.15, -0.1) is 11.8 Å². The van der Waals surface area contributed by atoms with E-state index in [0.29, 0.717) is 43.4 Å². The number of hydrogen-bond donors (Lipinski definition) is 2. The molecule has 1 aromatic carbocycles. The SMILES string of the molecule is COc1ccc2ncc(CF)c(CCCC3(C(=O)NO)CCN(CCSc4ccccn4)CC3)c2c1. The molecule has 1 aliphatic rings. The molecule has 0 unspecified atom stereocenters. The van der Waals surface area contributed by atoms with Gasteiger partial charge in [-0.3, -0.25) is 15.0 Å². The van der Waals surface area contributed by atoms with Gasteiger partial charge in [-0.25, -0.2) is 14.9 Å². The summed E-state index contributed by atoms with van der Waals surface area (Å²) >= 11 is 1.73. The van der Waals surface area contributed by atoms with Crippen LogP contribution in [-0.4, -0.2) is 58.5 Å². The summed E-state index contributed by atoms with van der Waals surface area (Å²) in [5.41, 5.74) is 3.55. The average Bonchev–Trinajstić information content (AvgIpc) is 2.93. The predicted molar refractivity (Wildman–Crippen MR) is 139 cm³/mol. The van der Waals surface area contributed by atoms with Crippen molar-refractivity contribution in [2.24, 2.45) is 5.41 Å². The Labute approximate surface area is 215 Å². The van der Waals surface area contributed by atoms with Gasteiger partial charge >= 0.3 is 0 Å². The number of carbonyl (C=O) groups is 1. The number of benzene rings is 1. The summed E-state index contributed by atoms with van der Waals surface area (Å²) in [6, 6.07) is 11.5. The summed E-state index contributed by atoms with van der Waals surface area (Å²) in [7, 11) is 1.61. The molecule has 2 aromatic heterocycles. The zero-order chi connectivity index (χ0) is 25.4. The monoisotopic (exact) mass is 512 g/mol. The fraction of sp³-hybridized carbons (Fsp3) is 0.444. The Kier molecular flexibility index (Phi) is 9.12. The molecule has 7 nitrogen and oxygen atoms in total. The lowest BCUT2D eigenvalue weighted by Crippen LogP contribution is -2.48. The summed E-state index contributed by atoms with van der Waals surface area (Å²) < 4.78 is 19.2. The van der Waals surface area contributed by atoms with Crippen LogP contribution in [0.2, 0.25) is 0 Å². The molecular formula is C27H33FN4O3S. The van der Waals surface area contributed by atoms with E-state index in [2.05, 4.69) is 14.9 Å². The molecule has 9 heteroatoms. The van der Waals surface area contributed by atoms with E-state index in [1.807, 2.05) is 41.9 Å². The summed E-state index contributed by atoms with van der Waals surface area (Å²) in [6.07, 6.45) is 6.69. The molecule has 3 heterocycles. The quantitative estimate of drug-likeness (QED) is 0.217. The lowest BCUT2D eigenvalue weighted by atomic mass is 9.73. The highest BCUT2D eigenvalue weighted by Crippen LogP contribution is 2.38. The third kappa shape index (κ3) is 6.14. The van der Waals surface area contributed by atoms with E-state index in [1.54, 1.807) is 31.3 Å². The average molecular weight is 513 g/mol. The van der Waals surface area contributed by atoms with Crippen LogP contribution < -0.4 is 10.2 Å². The number of nitrogens with one attached hydrogen (secondary N) is 1. The van der Waals surface area contributed by atoms with Gasteiger partial charge in [0.2, 0.25) is 5.91 Å². The van der Waals surface area contributed by atoms with Gasteiger partial charge < -0.3 is 9.64 Å². The maximum Gasteiger partial charge on any atom is 0.249 e. The van der Waals surface area contributed by atoms with E-state index in [9.17, 15) is 14.4 Å². The number of fused-ring (bicyclic) bond motifs is 1. The Bertz CT molecular complexity index is 1150. The minimum Gasteiger partial charge on any atom is -0.497 e. The van der Waals surface area contributed by atoms with Crippen LogP contribution >= 0.6 is 11.8 Å². The molecular weight excluding hydrogens is 479 g/mol. The standard InChI is InChI=1S/C27H33FN4O3S/c1-35-21-7-8-24-23(17-21)22(20(18-28)19-30-24)5-4-9-27(26(33)31-34)10-13-32(14-11-27)15-16-36-25-6-2-3-12-29-25/h2-3,6-8,12,17,19,34H,4-5,9-11,13-16,18H2,1H3,(H,31,33). The highest BCUT2D eigenvalue weighted by molar-refractivity contribution is 7.99. The van der Waals surface area contributed by atoms with E-state index >= 15 is 0 Å². The Morgan fingerprint density at radius 1 is 1.25 bits per heavy atom. The van der Waals surface area contributed by atoms with Crippen molar-refractivity contribution in [1.82, 2.24) is 20.3 Å².